The van der Waals surface area contributed by atoms with Gasteiger partial charge in [-0.05, 0) is 12.5 Å². The van der Waals surface area contributed by atoms with E-state index in [0.717, 1.165) is 11.1 Å². The molecule has 0 N–H and O–H groups in total. The lowest BCUT2D eigenvalue weighted by atomic mass is 10.1. The third-order valence-electron chi connectivity index (χ3n) is 4.81. The van der Waals surface area contributed by atoms with E-state index < -0.39 is 0 Å². The maximum atomic E-state index is 13.1. The zero-order valence-corrected chi connectivity index (χ0v) is 17.4. The molecule has 1 unspecified atom stereocenters. The normalized spacial score (nSPS) is 15.7. The summed E-state index contributed by atoms with van der Waals surface area (Å²) in [7, 11) is 1.72. The Hall–Kier alpha value is -2.16. The first kappa shape index (κ1) is 19.2. The van der Waals surface area contributed by atoms with Gasteiger partial charge in [-0.3, -0.25) is 14.2 Å². The molecule has 1 amide bonds. The van der Waals surface area contributed by atoms with Crippen LogP contribution in [0.3, 0.4) is 0 Å². The van der Waals surface area contributed by atoms with Gasteiger partial charge in [0.25, 0.3) is 5.56 Å². The Kier molecular flexibility index (Phi) is 5.52. The standard InChI is InChI=1S/C20H21N3O3S2/c1-13(18(24)23-8-10-26-11-9-23)28-20-21-17-16(19(25)22(20)2)15(12-27-17)14-6-4-3-5-7-14/h3-7,12-13H,8-11H2,1-2H3. The lowest BCUT2D eigenvalue weighted by Crippen LogP contribution is -2.44. The zero-order chi connectivity index (χ0) is 19.7. The van der Waals surface area contributed by atoms with E-state index in [9.17, 15) is 9.59 Å². The van der Waals surface area contributed by atoms with Crippen LogP contribution in [0.15, 0.2) is 45.7 Å². The van der Waals surface area contributed by atoms with Crippen molar-refractivity contribution in [2.75, 3.05) is 26.3 Å². The number of nitrogens with zero attached hydrogens (tertiary/aromatic N) is 3. The molecule has 1 aromatic carbocycles. The molecule has 0 spiro atoms. The zero-order valence-electron chi connectivity index (χ0n) is 15.8. The van der Waals surface area contributed by atoms with Gasteiger partial charge in [-0.1, -0.05) is 42.1 Å². The molecule has 1 atom stereocenters. The predicted molar refractivity (Wildman–Crippen MR) is 113 cm³/mol. The Bertz CT molecular complexity index is 1060. The number of thiophene rings is 1. The number of carbonyl (C=O) groups excluding carboxylic acids is 1. The highest BCUT2D eigenvalue weighted by atomic mass is 32.2. The molecule has 0 radical (unpaired) electrons. The molecular weight excluding hydrogens is 394 g/mol. The molecule has 28 heavy (non-hydrogen) atoms. The molecule has 3 aromatic rings. The van der Waals surface area contributed by atoms with Gasteiger partial charge in [-0.15, -0.1) is 11.3 Å². The summed E-state index contributed by atoms with van der Waals surface area (Å²) >= 11 is 2.79. The summed E-state index contributed by atoms with van der Waals surface area (Å²) in [6.07, 6.45) is 0. The first-order valence-electron chi connectivity index (χ1n) is 9.13. The molecule has 2 aromatic heterocycles. The number of benzene rings is 1. The maximum Gasteiger partial charge on any atom is 0.263 e. The Morgan fingerprint density at radius 2 is 1.96 bits per heavy atom. The first-order chi connectivity index (χ1) is 13.6. The number of morpholine rings is 1. The topological polar surface area (TPSA) is 64.4 Å². The van der Waals surface area contributed by atoms with Crippen LogP contribution in [-0.2, 0) is 16.6 Å². The highest BCUT2D eigenvalue weighted by Gasteiger charge is 2.25. The maximum absolute atomic E-state index is 13.1. The van der Waals surface area contributed by atoms with Crippen LogP contribution in [0.2, 0.25) is 0 Å². The molecular formula is C20H21N3O3S2. The van der Waals surface area contributed by atoms with Gasteiger partial charge >= 0.3 is 0 Å². The van der Waals surface area contributed by atoms with Crippen molar-refractivity contribution in [3.63, 3.8) is 0 Å². The molecule has 1 aliphatic heterocycles. The molecule has 6 nitrogen and oxygen atoms in total. The first-order valence-corrected chi connectivity index (χ1v) is 10.9. The van der Waals surface area contributed by atoms with E-state index in [1.807, 2.05) is 47.5 Å². The highest BCUT2D eigenvalue weighted by Crippen LogP contribution is 2.32. The average molecular weight is 416 g/mol. The Morgan fingerprint density at radius 1 is 1.25 bits per heavy atom. The Balaban J connectivity index is 1.65. The summed E-state index contributed by atoms with van der Waals surface area (Å²) in [6.45, 7) is 4.23. The van der Waals surface area contributed by atoms with Crippen LogP contribution in [-0.4, -0.2) is 51.9 Å². The fourth-order valence-electron chi connectivity index (χ4n) is 3.24. The molecule has 146 valence electrons. The summed E-state index contributed by atoms with van der Waals surface area (Å²) in [5.41, 5.74) is 1.82. The van der Waals surface area contributed by atoms with Gasteiger partial charge < -0.3 is 9.64 Å². The largest absolute Gasteiger partial charge is 0.378 e. The lowest BCUT2D eigenvalue weighted by molar-refractivity contribution is -0.134. The summed E-state index contributed by atoms with van der Waals surface area (Å²) in [5.74, 6) is 0.0544. The minimum atomic E-state index is -0.317. The van der Waals surface area contributed by atoms with Gasteiger partial charge in [0.2, 0.25) is 5.91 Å². The van der Waals surface area contributed by atoms with E-state index in [-0.39, 0.29) is 16.7 Å². The number of carbonyl (C=O) groups is 1. The second kappa shape index (κ2) is 8.06. The molecule has 8 heteroatoms. The summed E-state index contributed by atoms with van der Waals surface area (Å²) in [5, 5.41) is 2.86. The monoisotopic (exact) mass is 415 g/mol. The second-order valence-corrected chi connectivity index (χ2v) is 8.82. The third kappa shape index (κ3) is 3.59. The molecule has 0 aliphatic carbocycles. The van der Waals surface area contributed by atoms with E-state index in [2.05, 4.69) is 0 Å². The van der Waals surface area contributed by atoms with Crippen molar-refractivity contribution < 1.29 is 9.53 Å². The van der Waals surface area contributed by atoms with Crippen molar-refractivity contribution >= 4 is 39.2 Å². The van der Waals surface area contributed by atoms with Crippen LogP contribution >= 0.6 is 23.1 Å². The van der Waals surface area contributed by atoms with E-state index in [0.29, 0.717) is 41.7 Å². The number of thioether (sulfide) groups is 1. The van der Waals surface area contributed by atoms with Gasteiger partial charge in [-0.2, -0.15) is 0 Å². The third-order valence-corrected chi connectivity index (χ3v) is 6.82. The Labute approximate surface area is 171 Å². The number of rotatable bonds is 4. The molecule has 1 fully saturated rings. The number of hydrogen-bond donors (Lipinski definition) is 0. The summed E-state index contributed by atoms with van der Waals surface area (Å²) in [4.78, 5) is 33.0. The lowest BCUT2D eigenvalue weighted by Gasteiger charge is -2.29. The van der Waals surface area contributed by atoms with Crippen LogP contribution in [0.4, 0.5) is 0 Å². The van der Waals surface area contributed by atoms with Crippen molar-refractivity contribution in [1.29, 1.82) is 0 Å². The predicted octanol–water partition coefficient (Wildman–Crippen LogP) is 3.00. The summed E-state index contributed by atoms with van der Waals surface area (Å²) < 4.78 is 6.86. The fraction of sp³-hybridized carbons (Fsp3) is 0.350. The van der Waals surface area contributed by atoms with E-state index in [1.165, 1.54) is 23.1 Å². The van der Waals surface area contributed by atoms with E-state index >= 15 is 0 Å². The van der Waals surface area contributed by atoms with Crippen LogP contribution < -0.4 is 5.56 Å². The summed E-state index contributed by atoms with van der Waals surface area (Å²) in [6, 6.07) is 9.86. The molecule has 1 aliphatic rings. The Morgan fingerprint density at radius 3 is 2.68 bits per heavy atom. The molecule has 0 bridgehead atoms. The van der Waals surface area contributed by atoms with Crippen molar-refractivity contribution in [1.82, 2.24) is 14.5 Å². The molecule has 1 saturated heterocycles. The van der Waals surface area contributed by atoms with Crippen molar-refractivity contribution in [2.24, 2.45) is 7.05 Å². The van der Waals surface area contributed by atoms with Crippen LogP contribution in [0.5, 0.6) is 0 Å². The average Bonchev–Trinajstić information content (AvgIpc) is 3.16. The van der Waals surface area contributed by atoms with Gasteiger partial charge in [0.15, 0.2) is 5.16 Å². The van der Waals surface area contributed by atoms with Gasteiger partial charge in [0.05, 0.1) is 23.8 Å². The molecule has 4 rings (SSSR count). The minimum absolute atomic E-state index is 0.0544. The molecule has 0 saturated carbocycles. The fourth-order valence-corrected chi connectivity index (χ4v) is 5.18. The highest BCUT2D eigenvalue weighted by molar-refractivity contribution is 8.00. The van der Waals surface area contributed by atoms with Crippen molar-refractivity contribution in [3.05, 3.63) is 46.1 Å². The number of fused-ring (bicyclic) bond motifs is 1. The van der Waals surface area contributed by atoms with Gasteiger partial charge in [0, 0.05) is 31.1 Å². The SMILES string of the molecule is CC(Sc1nc2scc(-c3ccccc3)c2c(=O)n1C)C(=O)N1CCOCC1. The number of ether oxygens (including phenoxy) is 1. The minimum Gasteiger partial charge on any atom is -0.378 e. The van der Waals surface area contributed by atoms with Gasteiger partial charge in [-0.25, -0.2) is 4.98 Å². The number of aromatic nitrogens is 2. The smallest absolute Gasteiger partial charge is 0.263 e. The van der Waals surface area contributed by atoms with Crippen molar-refractivity contribution in [2.45, 2.75) is 17.3 Å². The molecule has 3 heterocycles. The van der Waals surface area contributed by atoms with E-state index in [4.69, 9.17) is 9.72 Å². The van der Waals surface area contributed by atoms with Crippen LogP contribution in [0, 0.1) is 0 Å². The van der Waals surface area contributed by atoms with Gasteiger partial charge in [0.1, 0.15) is 4.83 Å². The number of hydrogen-bond acceptors (Lipinski definition) is 6. The van der Waals surface area contributed by atoms with E-state index in [1.54, 1.807) is 11.6 Å². The number of amides is 1. The van der Waals surface area contributed by atoms with Crippen molar-refractivity contribution in [3.8, 4) is 11.1 Å². The van der Waals surface area contributed by atoms with Crippen LogP contribution in [0.1, 0.15) is 6.92 Å². The van der Waals surface area contributed by atoms with Crippen LogP contribution in [0.25, 0.3) is 21.3 Å². The second-order valence-electron chi connectivity index (χ2n) is 6.65. The quantitative estimate of drug-likeness (QED) is 0.484.